The van der Waals surface area contributed by atoms with Crippen LogP contribution in [0.5, 0.6) is 0 Å². The minimum Gasteiger partial charge on any atom is -0.367 e. The molecule has 2 nitrogen and oxygen atoms in total. The summed E-state index contributed by atoms with van der Waals surface area (Å²) in [6, 6.07) is 2.89. The average Bonchev–Trinajstić information content (AvgIpc) is 2.37. The molecule has 0 unspecified atom stereocenters. The number of halogens is 2. The van der Waals surface area contributed by atoms with Crippen molar-refractivity contribution in [1.29, 1.82) is 0 Å². The molecule has 0 bridgehead atoms. The van der Waals surface area contributed by atoms with Gasteiger partial charge in [-0.05, 0) is 42.5 Å². The molecule has 1 saturated heterocycles. The lowest BCUT2D eigenvalue weighted by atomic mass is 9.82. The second kappa shape index (κ2) is 6.08. The van der Waals surface area contributed by atoms with Gasteiger partial charge in [0.1, 0.15) is 17.3 Å². The van der Waals surface area contributed by atoms with Crippen LogP contribution < -0.4 is 10.2 Å². The smallest absolute Gasteiger partial charge is 0.149 e. The zero-order valence-electron chi connectivity index (χ0n) is 12.6. The van der Waals surface area contributed by atoms with Crippen molar-refractivity contribution in [3.8, 4) is 0 Å². The van der Waals surface area contributed by atoms with Crippen molar-refractivity contribution >= 4 is 5.69 Å². The molecule has 2 rings (SSSR count). The van der Waals surface area contributed by atoms with Crippen LogP contribution in [-0.4, -0.2) is 19.6 Å². The minimum absolute atomic E-state index is 0.140. The molecule has 1 aromatic carbocycles. The Hall–Kier alpha value is -1.16. The summed E-state index contributed by atoms with van der Waals surface area (Å²) >= 11 is 0. The highest BCUT2D eigenvalue weighted by Crippen LogP contribution is 2.34. The predicted molar refractivity (Wildman–Crippen MR) is 79.0 cm³/mol. The normalized spacial score (nSPS) is 18.4. The largest absolute Gasteiger partial charge is 0.367 e. The molecule has 0 spiro atoms. The van der Waals surface area contributed by atoms with Gasteiger partial charge in [-0.3, -0.25) is 0 Å². The van der Waals surface area contributed by atoms with Crippen molar-refractivity contribution in [1.82, 2.24) is 5.32 Å². The number of benzene rings is 1. The molecule has 20 heavy (non-hydrogen) atoms. The Morgan fingerprint density at radius 2 is 1.70 bits per heavy atom. The fraction of sp³-hybridized carbons (Fsp3) is 0.625. The lowest BCUT2D eigenvalue weighted by Gasteiger charge is -2.38. The molecule has 0 aromatic heterocycles. The van der Waals surface area contributed by atoms with Crippen LogP contribution in [-0.2, 0) is 6.54 Å². The summed E-state index contributed by atoms with van der Waals surface area (Å²) in [6.45, 7) is 9.09. The first-order chi connectivity index (χ1) is 9.43. The van der Waals surface area contributed by atoms with Gasteiger partial charge in [0.2, 0.25) is 0 Å². The van der Waals surface area contributed by atoms with Gasteiger partial charge < -0.3 is 10.2 Å². The third-order valence-electron chi connectivity index (χ3n) is 4.09. The molecule has 1 aliphatic rings. The van der Waals surface area contributed by atoms with E-state index in [4.69, 9.17) is 0 Å². The monoisotopic (exact) mass is 282 g/mol. The molecule has 0 saturated carbocycles. The lowest BCUT2D eigenvalue weighted by molar-refractivity contribution is 0.278. The van der Waals surface area contributed by atoms with Crippen molar-refractivity contribution in [2.75, 3.05) is 24.5 Å². The second-order valence-electron chi connectivity index (χ2n) is 6.34. The van der Waals surface area contributed by atoms with E-state index in [2.05, 4.69) is 19.2 Å². The Morgan fingerprint density at radius 3 is 2.20 bits per heavy atom. The third-order valence-corrected chi connectivity index (χ3v) is 4.09. The van der Waals surface area contributed by atoms with Gasteiger partial charge >= 0.3 is 0 Å². The summed E-state index contributed by atoms with van der Waals surface area (Å²) in [5, 5.41) is 3.08. The van der Waals surface area contributed by atoms with Gasteiger partial charge in [-0.2, -0.15) is 0 Å². The maximum Gasteiger partial charge on any atom is 0.149 e. The Kier molecular flexibility index (Phi) is 4.63. The average molecular weight is 282 g/mol. The Morgan fingerprint density at radius 1 is 1.15 bits per heavy atom. The van der Waals surface area contributed by atoms with Gasteiger partial charge in [0, 0.05) is 19.6 Å². The Balaban J connectivity index is 2.16. The first-order valence-electron chi connectivity index (χ1n) is 7.36. The van der Waals surface area contributed by atoms with Gasteiger partial charge in [-0.1, -0.05) is 20.8 Å². The fourth-order valence-corrected chi connectivity index (χ4v) is 2.63. The summed E-state index contributed by atoms with van der Waals surface area (Å²) in [7, 11) is 0. The van der Waals surface area contributed by atoms with E-state index in [9.17, 15) is 8.78 Å². The van der Waals surface area contributed by atoms with Gasteiger partial charge in [0.05, 0.1) is 0 Å². The van der Waals surface area contributed by atoms with E-state index < -0.39 is 11.6 Å². The third kappa shape index (κ3) is 3.48. The number of hydrogen-bond acceptors (Lipinski definition) is 2. The topological polar surface area (TPSA) is 15.3 Å². The van der Waals surface area contributed by atoms with E-state index in [0.29, 0.717) is 25.2 Å². The highest BCUT2D eigenvalue weighted by atomic mass is 19.1. The standard InChI is InChI=1S/C16H24F2N2/c1-4-19-11-12-9-13(17)15(14(18)10-12)20-7-5-16(2,3)6-8-20/h9-10,19H,4-8,11H2,1-3H3. The van der Waals surface area contributed by atoms with Crippen molar-refractivity contribution < 1.29 is 8.78 Å². The van der Waals surface area contributed by atoms with Gasteiger partial charge in [0.25, 0.3) is 0 Å². The van der Waals surface area contributed by atoms with Crippen LogP contribution in [0.1, 0.15) is 39.2 Å². The molecule has 4 heteroatoms. The van der Waals surface area contributed by atoms with E-state index in [1.807, 2.05) is 11.8 Å². The molecule has 1 aromatic rings. The Labute approximate surface area is 120 Å². The van der Waals surface area contributed by atoms with Crippen LogP contribution in [0.3, 0.4) is 0 Å². The molecule has 1 N–H and O–H groups in total. The van der Waals surface area contributed by atoms with E-state index in [-0.39, 0.29) is 11.1 Å². The lowest BCUT2D eigenvalue weighted by Crippen LogP contribution is -2.38. The summed E-state index contributed by atoms with van der Waals surface area (Å²) in [5.74, 6) is -0.893. The first kappa shape index (κ1) is 15.2. The van der Waals surface area contributed by atoms with Crippen molar-refractivity contribution in [3.63, 3.8) is 0 Å². The highest BCUT2D eigenvalue weighted by molar-refractivity contribution is 5.51. The maximum atomic E-state index is 14.2. The van der Waals surface area contributed by atoms with Crippen molar-refractivity contribution in [2.45, 2.75) is 40.2 Å². The van der Waals surface area contributed by atoms with Gasteiger partial charge in [-0.15, -0.1) is 0 Å². The first-order valence-corrected chi connectivity index (χ1v) is 7.36. The number of rotatable bonds is 4. The molecular formula is C16H24F2N2. The zero-order valence-corrected chi connectivity index (χ0v) is 12.6. The van der Waals surface area contributed by atoms with Crippen molar-refractivity contribution in [3.05, 3.63) is 29.3 Å². The number of hydrogen-bond donors (Lipinski definition) is 1. The van der Waals surface area contributed by atoms with Crippen LogP contribution in [0.15, 0.2) is 12.1 Å². The van der Waals surface area contributed by atoms with Crippen LogP contribution >= 0.6 is 0 Å². The van der Waals surface area contributed by atoms with E-state index in [1.54, 1.807) is 0 Å². The molecule has 1 fully saturated rings. The molecule has 0 radical (unpaired) electrons. The summed E-state index contributed by atoms with van der Waals surface area (Å²) in [5.41, 5.74) is 1.07. The molecule has 112 valence electrons. The Bertz CT molecular complexity index is 439. The van der Waals surface area contributed by atoms with Crippen LogP contribution in [0, 0.1) is 17.0 Å². The minimum atomic E-state index is -0.447. The summed E-state index contributed by atoms with van der Waals surface area (Å²) in [6.07, 6.45) is 1.93. The van der Waals surface area contributed by atoms with Crippen molar-refractivity contribution in [2.24, 2.45) is 5.41 Å². The van der Waals surface area contributed by atoms with E-state index in [1.165, 1.54) is 12.1 Å². The number of nitrogens with zero attached hydrogens (tertiary/aromatic N) is 1. The molecule has 0 aliphatic carbocycles. The number of piperidine rings is 1. The predicted octanol–water partition coefficient (Wildman–Crippen LogP) is 3.70. The second-order valence-corrected chi connectivity index (χ2v) is 6.34. The maximum absolute atomic E-state index is 14.2. The SMILES string of the molecule is CCNCc1cc(F)c(N2CCC(C)(C)CC2)c(F)c1. The van der Waals surface area contributed by atoms with Crippen LogP contribution in [0.4, 0.5) is 14.5 Å². The van der Waals surface area contributed by atoms with Gasteiger partial charge in [-0.25, -0.2) is 8.78 Å². The zero-order chi connectivity index (χ0) is 14.8. The number of nitrogens with one attached hydrogen (secondary N) is 1. The van der Waals surface area contributed by atoms with Gasteiger partial charge in [0.15, 0.2) is 0 Å². The molecule has 1 heterocycles. The molecular weight excluding hydrogens is 258 g/mol. The molecule has 0 amide bonds. The molecule has 1 aliphatic heterocycles. The quantitative estimate of drug-likeness (QED) is 0.906. The molecule has 0 atom stereocenters. The summed E-state index contributed by atoms with van der Waals surface area (Å²) < 4.78 is 28.4. The summed E-state index contributed by atoms with van der Waals surface area (Å²) in [4.78, 5) is 1.84. The van der Waals surface area contributed by atoms with E-state index >= 15 is 0 Å². The van der Waals surface area contributed by atoms with E-state index in [0.717, 1.165) is 19.4 Å². The van der Waals surface area contributed by atoms with Crippen LogP contribution in [0.2, 0.25) is 0 Å². The fourth-order valence-electron chi connectivity index (χ4n) is 2.63. The number of anilines is 1. The highest BCUT2D eigenvalue weighted by Gasteiger charge is 2.28. The van der Waals surface area contributed by atoms with Crippen LogP contribution in [0.25, 0.3) is 0 Å².